The molecule has 0 atom stereocenters. The number of phenols is 1. The Kier molecular flexibility index (Phi) is 4.77. The van der Waals surface area contributed by atoms with Crippen LogP contribution < -0.4 is 10.6 Å². The van der Waals surface area contributed by atoms with Crippen LogP contribution in [-0.4, -0.2) is 17.7 Å². The van der Waals surface area contributed by atoms with E-state index in [0.717, 1.165) is 11.1 Å². The zero-order valence-electron chi connectivity index (χ0n) is 11.7. The van der Waals surface area contributed by atoms with Gasteiger partial charge in [0, 0.05) is 6.54 Å². The molecule has 0 saturated carbocycles. The normalized spacial score (nSPS) is 10.2. The second-order valence-corrected chi connectivity index (χ2v) is 4.78. The van der Waals surface area contributed by atoms with Gasteiger partial charge in [-0.25, -0.2) is 9.18 Å². The Bertz CT molecular complexity index is 627. The van der Waals surface area contributed by atoms with Crippen molar-refractivity contribution in [2.45, 2.75) is 13.3 Å². The summed E-state index contributed by atoms with van der Waals surface area (Å²) in [5.41, 5.74) is 1.95. The van der Waals surface area contributed by atoms with Gasteiger partial charge in [0.05, 0.1) is 5.69 Å². The lowest BCUT2D eigenvalue weighted by Gasteiger charge is -2.09. The maximum atomic E-state index is 13.6. The minimum absolute atomic E-state index is 0.155. The molecule has 21 heavy (non-hydrogen) atoms. The van der Waals surface area contributed by atoms with Crippen molar-refractivity contribution >= 4 is 11.7 Å². The van der Waals surface area contributed by atoms with E-state index in [2.05, 4.69) is 10.6 Å². The fourth-order valence-corrected chi connectivity index (χ4v) is 1.87. The highest BCUT2D eigenvalue weighted by Gasteiger charge is 2.06. The van der Waals surface area contributed by atoms with Gasteiger partial charge < -0.3 is 15.7 Å². The number of halogens is 1. The molecule has 5 heteroatoms. The van der Waals surface area contributed by atoms with Crippen LogP contribution in [0, 0.1) is 12.7 Å². The van der Waals surface area contributed by atoms with Gasteiger partial charge in [0.1, 0.15) is 11.6 Å². The number of rotatable bonds is 4. The van der Waals surface area contributed by atoms with Crippen molar-refractivity contribution in [3.05, 3.63) is 59.4 Å². The Morgan fingerprint density at radius 1 is 1.19 bits per heavy atom. The van der Waals surface area contributed by atoms with Crippen LogP contribution in [-0.2, 0) is 6.42 Å². The van der Waals surface area contributed by atoms with Crippen LogP contribution in [0.5, 0.6) is 5.75 Å². The maximum Gasteiger partial charge on any atom is 0.319 e. The van der Waals surface area contributed by atoms with Gasteiger partial charge in [-0.2, -0.15) is 0 Å². The van der Waals surface area contributed by atoms with E-state index in [1.807, 2.05) is 0 Å². The molecule has 2 amide bonds. The standard InChI is InChI=1S/C16H17FN2O2/c1-11-2-7-15(14(17)10-11)19-16(21)18-9-8-12-3-5-13(20)6-4-12/h2-7,10,20H,8-9H2,1H3,(H2,18,19,21). The number of phenolic OH excluding ortho intramolecular Hbond substituents is 1. The Hall–Kier alpha value is -2.56. The molecule has 0 heterocycles. The van der Waals surface area contributed by atoms with Crippen molar-refractivity contribution in [2.24, 2.45) is 0 Å². The van der Waals surface area contributed by atoms with Gasteiger partial charge in [-0.3, -0.25) is 0 Å². The smallest absolute Gasteiger partial charge is 0.319 e. The van der Waals surface area contributed by atoms with Crippen molar-refractivity contribution in [3.8, 4) is 5.75 Å². The van der Waals surface area contributed by atoms with Crippen LogP contribution in [0.4, 0.5) is 14.9 Å². The first-order valence-electron chi connectivity index (χ1n) is 6.63. The average molecular weight is 288 g/mol. The predicted octanol–water partition coefficient (Wildman–Crippen LogP) is 3.20. The molecule has 110 valence electrons. The van der Waals surface area contributed by atoms with E-state index >= 15 is 0 Å². The van der Waals surface area contributed by atoms with Crippen molar-refractivity contribution in [3.63, 3.8) is 0 Å². The molecule has 4 nitrogen and oxygen atoms in total. The van der Waals surface area contributed by atoms with Crippen LogP contribution in [0.3, 0.4) is 0 Å². The van der Waals surface area contributed by atoms with Gasteiger partial charge in [0.2, 0.25) is 0 Å². The zero-order chi connectivity index (χ0) is 15.2. The topological polar surface area (TPSA) is 61.4 Å². The molecule has 0 bridgehead atoms. The number of anilines is 1. The summed E-state index contributed by atoms with van der Waals surface area (Å²) >= 11 is 0. The van der Waals surface area contributed by atoms with Crippen molar-refractivity contribution in [2.75, 3.05) is 11.9 Å². The first-order chi connectivity index (χ1) is 10.0. The Balaban J connectivity index is 1.81. The molecule has 0 fully saturated rings. The molecule has 0 aliphatic rings. The van der Waals surface area contributed by atoms with E-state index in [0.29, 0.717) is 13.0 Å². The molecule has 0 saturated heterocycles. The lowest BCUT2D eigenvalue weighted by Crippen LogP contribution is -2.30. The van der Waals surface area contributed by atoms with Gasteiger partial charge in [0.15, 0.2) is 0 Å². The third kappa shape index (κ3) is 4.49. The molecule has 0 radical (unpaired) electrons. The monoisotopic (exact) mass is 288 g/mol. The van der Waals surface area contributed by atoms with E-state index in [-0.39, 0.29) is 11.4 Å². The molecule has 0 aliphatic heterocycles. The highest BCUT2D eigenvalue weighted by atomic mass is 19.1. The molecular formula is C16H17FN2O2. The number of hydrogen-bond acceptors (Lipinski definition) is 2. The number of carbonyl (C=O) groups is 1. The average Bonchev–Trinajstić information content (AvgIpc) is 2.44. The van der Waals surface area contributed by atoms with Gasteiger partial charge >= 0.3 is 6.03 Å². The van der Waals surface area contributed by atoms with E-state index < -0.39 is 11.8 Å². The maximum absolute atomic E-state index is 13.6. The van der Waals surface area contributed by atoms with E-state index in [1.54, 1.807) is 37.3 Å². The molecule has 3 N–H and O–H groups in total. The van der Waals surface area contributed by atoms with Gasteiger partial charge in [-0.15, -0.1) is 0 Å². The van der Waals surface area contributed by atoms with E-state index in [4.69, 9.17) is 5.11 Å². The summed E-state index contributed by atoms with van der Waals surface area (Å²) in [5.74, 6) is -0.247. The fraction of sp³-hybridized carbons (Fsp3) is 0.188. The Labute approximate surface area is 122 Å². The number of benzene rings is 2. The lowest BCUT2D eigenvalue weighted by atomic mass is 10.1. The van der Waals surface area contributed by atoms with E-state index in [9.17, 15) is 9.18 Å². The first-order valence-corrected chi connectivity index (χ1v) is 6.63. The van der Waals surface area contributed by atoms with Crippen LogP contribution in [0.15, 0.2) is 42.5 Å². The van der Waals surface area contributed by atoms with Crippen LogP contribution >= 0.6 is 0 Å². The second kappa shape index (κ2) is 6.74. The minimum atomic E-state index is -0.455. The third-order valence-electron chi connectivity index (χ3n) is 3.01. The summed E-state index contributed by atoms with van der Waals surface area (Å²) in [4.78, 5) is 11.7. The minimum Gasteiger partial charge on any atom is -0.508 e. The van der Waals surface area contributed by atoms with E-state index in [1.165, 1.54) is 12.1 Å². The molecule has 0 unspecified atom stereocenters. The number of aryl methyl sites for hydroxylation is 1. The Morgan fingerprint density at radius 3 is 2.57 bits per heavy atom. The summed E-state index contributed by atoms with van der Waals surface area (Å²) in [5, 5.41) is 14.3. The molecule has 2 aromatic rings. The predicted molar refractivity (Wildman–Crippen MR) is 80.0 cm³/mol. The fourth-order valence-electron chi connectivity index (χ4n) is 1.87. The van der Waals surface area contributed by atoms with Crippen LogP contribution in [0.25, 0.3) is 0 Å². The van der Waals surface area contributed by atoms with Crippen molar-refractivity contribution in [1.29, 1.82) is 0 Å². The summed E-state index contributed by atoms with van der Waals surface area (Å²) in [6.07, 6.45) is 0.629. The first kappa shape index (κ1) is 14.8. The number of urea groups is 1. The molecular weight excluding hydrogens is 271 g/mol. The SMILES string of the molecule is Cc1ccc(NC(=O)NCCc2ccc(O)cc2)c(F)c1. The highest BCUT2D eigenvalue weighted by molar-refractivity contribution is 5.89. The summed E-state index contributed by atoms with van der Waals surface area (Å²) in [6.45, 7) is 2.20. The molecule has 0 aliphatic carbocycles. The molecule has 0 spiro atoms. The van der Waals surface area contributed by atoms with Crippen molar-refractivity contribution < 1.29 is 14.3 Å². The van der Waals surface area contributed by atoms with Gasteiger partial charge in [-0.05, 0) is 48.7 Å². The number of nitrogens with one attached hydrogen (secondary N) is 2. The molecule has 2 aromatic carbocycles. The number of amides is 2. The highest BCUT2D eigenvalue weighted by Crippen LogP contribution is 2.15. The summed E-state index contributed by atoms with van der Waals surface area (Å²) in [7, 11) is 0. The number of aromatic hydroxyl groups is 1. The van der Waals surface area contributed by atoms with Crippen LogP contribution in [0.1, 0.15) is 11.1 Å². The zero-order valence-corrected chi connectivity index (χ0v) is 11.7. The molecule has 0 aromatic heterocycles. The second-order valence-electron chi connectivity index (χ2n) is 4.78. The largest absolute Gasteiger partial charge is 0.508 e. The summed E-state index contributed by atoms with van der Waals surface area (Å²) in [6, 6.07) is 10.9. The third-order valence-corrected chi connectivity index (χ3v) is 3.01. The van der Waals surface area contributed by atoms with Crippen LogP contribution in [0.2, 0.25) is 0 Å². The van der Waals surface area contributed by atoms with Gasteiger partial charge in [-0.1, -0.05) is 18.2 Å². The Morgan fingerprint density at radius 2 is 1.90 bits per heavy atom. The van der Waals surface area contributed by atoms with Gasteiger partial charge in [0.25, 0.3) is 0 Å². The quantitative estimate of drug-likeness (QED) is 0.809. The molecule has 2 rings (SSSR count). The van der Waals surface area contributed by atoms with Crippen molar-refractivity contribution in [1.82, 2.24) is 5.32 Å². The summed E-state index contributed by atoms with van der Waals surface area (Å²) < 4.78 is 13.6. The number of hydrogen-bond donors (Lipinski definition) is 3. The lowest BCUT2D eigenvalue weighted by molar-refractivity contribution is 0.252. The number of carbonyl (C=O) groups excluding carboxylic acids is 1.